The minimum atomic E-state index is -0.441. The molecule has 0 radical (unpaired) electrons. The Hall–Kier alpha value is -3.93. The van der Waals surface area contributed by atoms with Crippen LogP contribution in [0.25, 0.3) is 33.2 Å². The average Bonchev–Trinajstić information content (AvgIpc) is 3.53. The van der Waals surface area contributed by atoms with Crippen molar-refractivity contribution in [1.29, 1.82) is 0 Å². The van der Waals surface area contributed by atoms with Gasteiger partial charge in [0.1, 0.15) is 5.82 Å². The van der Waals surface area contributed by atoms with Crippen molar-refractivity contribution < 1.29 is 9.59 Å². The molecular formula is C24H20N4O2. The summed E-state index contributed by atoms with van der Waals surface area (Å²) >= 11 is 0. The summed E-state index contributed by atoms with van der Waals surface area (Å²) in [6.07, 6.45) is 5.59. The van der Waals surface area contributed by atoms with Crippen LogP contribution in [0.5, 0.6) is 0 Å². The van der Waals surface area contributed by atoms with Gasteiger partial charge in [-0.15, -0.1) is 0 Å². The van der Waals surface area contributed by atoms with Gasteiger partial charge in [-0.3, -0.25) is 9.59 Å². The molecular weight excluding hydrogens is 376 g/mol. The first-order valence-electron chi connectivity index (χ1n) is 9.88. The molecule has 2 amide bonds. The summed E-state index contributed by atoms with van der Waals surface area (Å²) in [5, 5.41) is 3.97. The largest absolute Gasteiger partial charge is 0.366 e. The Morgan fingerprint density at radius 2 is 1.80 bits per heavy atom. The van der Waals surface area contributed by atoms with Crippen molar-refractivity contribution in [3.05, 3.63) is 72.6 Å². The SMILES string of the molecule is NC(=O)c1ccc(-c2cccc3c(-c4ccnc(NC(=O)C5CC5)c4)c[nH]c23)cc1. The van der Waals surface area contributed by atoms with Crippen molar-refractivity contribution in [2.75, 3.05) is 5.32 Å². The number of pyridine rings is 1. The zero-order valence-corrected chi connectivity index (χ0v) is 16.2. The lowest BCUT2D eigenvalue weighted by Crippen LogP contribution is -2.14. The standard InChI is InChI=1S/C24H20N4O2/c25-23(29)15-6-4-14(5-7-15)18-2-1-3-19-20(13-27-22(18)19)17-10-11-26-21(12-17)28-24(30)16-8-9-16/h1-7,10-13,16,27H,8-9H2,(H2,25,29)(H,26,28,30). The molecule has 0 bridgehead atoms. The van der Waals surface area contributed by atoms with E-state index in [1.54, 1.807) is 18.3 Å². The lowest BCUT2D eigenvalue weighted by molar-refractivity contribution is -0.117. The van der Waals surface area contributed by atoms with Gasteiger partial charge in [0.05, 0.1) is 5.52 Å². The lowest BCUT2D eigenvalue weighted by Gasteiger charge is -2.07. The maximum atomic E-state index is 12.1. The van der Waals surface area contributed by atoms with Gasteiger partial charge < -0.3 is 16.0 Å². The Morgan fingerprint density at radius 3 is 2.53 bits per heavy atom. The first-order chi connectivity index (χ1) is 14.6. The van der Waals surface area contributed by atoms with E-state index in [9.17, 15) is 9.59 Å². The highest BCUT2D eigenvalue weighted by atomic mass is 16.2. The number of nitrogens with two attached hydrogens (primary N) is 1. The van der Waals surface area contributed by atoms with Gasteiger partial charge >= 0.3 is 0 Å². The van der Waals surface area contributed by atoms with Gasteiger partial charge in [0.25, 0.3) is 0 Å². The van der Waals surface area contributed by atoms with Gasteiger partial charge in [-0.1, -0.05) is 30.3 Å². The number of para-hydroxylation sites is 1. The number of aromatic nitrogens is 2. The summed E-state index contributed by atoms with van der Waals surface area (Å²) in [5.74, 6) is 0.299. The maximum Gasteiger partial charge on any atom is 0.248 e. The third kappa shape index (κ3) is 3.33. The van der Waals surface area contributed by atoms with Crippen molar-refractivity contribution in [2.24, 2.45) is 11.7 Å². The fourth-order valence-electron chi connectivity index (χ4n) is 3.69. The number of carbonyl (C=O) groups is 2. The predicted molar refractivity (Wildman–Crippen MR) is 117 cm³/mol. The number of carbonyl (C=O) groups excluding carboxylic acids is 2. The molecule has 148 valence electrons. The van der Waals surface area contributed by atoms with Crippen molar-refractivity contribution >= 4 is 28.5 Å². The third-order valence-corrected chi connectivity index (χ3v) is 5.47. The topological polar surface area (TPSA) is 101 Å². The molecule has 0 atom stereocenters. The molecule has 30 heavy (non-hydrogen) atoms. The number of amides is 2. The summed E-state index contributed by atoms with van der Waals surface area (Å²) < 4.78 is 0. The summed E-state index contributed by atoms with van der Waals surface area (Å²) in [5.41, 5.74) is 10.9. The zero-order chi connectivity index (χ0) is 20.7. The number of H-pyrrole nitrogens is 1. The van der Waals surface area contributed by atoms with E-state index in [0.29, 0.717) is 11.4 Å². The fraction of sp³-hybridized carbons (Fsp3) is 0.125. The number of anilines is 1. The fourth-order valence-corrected chi connectivity index (χ4v) is 3.69. The number of benzene rings is 2. The number of hydrogen-bond donors (Lipinski definition) is 3. The van der Waals surface area contributed by atoms with Crippen molar-refractivity contribution in [3.8, 4) is 22.3 Å². The van der Waals surface area contributed by atoms with E-state index in [4.69, 9.17) is 5.73 Å². The Kier molecular flexibility index (Phi) is 4.32. The Morgan fingerprint density at radius 1 is 1.00 bits per heavy atom. The first kappa shape index (κ1) is 18.1. The number of primary amides is 1. The van der Waals surface area contributed by atoms with Gasteiger partial charge in [0.2, 0.25) is 11.8 Å². The van der Waals surface area contributed by atoms with E-state index in [1.807, 2.05) is 42.6 Å². The normalized spacial score (nSPS) is 13.3. The van der Waals surface area contributed by atoms with Crippen LogP contribution in [0.1, 0.15) is 23.2 Å². The average molecular weight is 396 g/mol. The van der Waals surface area contributed by atoms with E-state index in [1.165, 1.54) is 0 Å². The van der Waals surface area contributed by atoms with E-state index in [2.05, 4.69) is 21.4 Å². The summed E-state index contributed by atoms with van der Waals surface area (Å²) in [7, 11) is 0. The molecule has 1 aliphatic rings. The van der Waals surface area contributed by atoms with Gasteiger partial charge in [-0.2, -0.15) is 0 Å². The van der Waals surface area contributed by atoms with E-state index in [-0.39, 0.29) is 11.8 Å². The third-order valence-electron chi connectivity index (χ3n) is 5.47. The van der Waals surface area contributed by atoms with Crippen molar-refractivity contribution in [3.63, 3.8) is 0 Å². The number of aromatic amines is 1. The highest BCUT2D eigenvalue weighted by molar-refractivity contribution is 6.04. The summed E-state index contributed by atoms with van der Waals surface area (Å²) in [6, 6.07) is 17.2. The summed E-state index contributed by atoms with van der Waals surface area (Å²) in [6.45, 7) is 0. The van der Waals surface area contributed by atoms with Crippen LogP contribution in [0, 0.1) is 5.92 Å². The number of nitrogens with zero attached hydrogens (tertiary/aromatic N) is 1. The molecule has 0 aliphatic heterocycles. The quantitative estimate of drug-likeness (QED) is 0.468. The Balaban J connectivity index is 1.52. The molecule has 2 aromatic carbocycles. The molecule has 1 aliphatic carbocycles. The molecule has 2 aromatic heterocycles. The molecule has 1 fully saturated rings. The van der Waals surface area contributed by atoms with E-state index in [0.717, 1.165) is 46.0 Å². The second kappa shape index (κ2) is 7.15. The Labute approximate surface area is 173 Å². The van der Waals surface area contributed by atoms with Crippen LogP contribution in [0.15, 0.2) is 67.0 Å². The van der Waals surface area contributed by atoms with Crippen LogP contribution >= 0.6 is 0 Å². The van der Waals surface area contributed by atoms with Crippen LogP contribution in [0.3, 0.4) is 0 Å². The first-order valence-corrected chi connectivity index (χ1v) is 9.88. The minimum absolute atomic E-state index is 0.0419. The van der Waals surface area contributed by atoms with Gasteiger partial charge in [0.15, 0.2) is 0 Å². The van der Waals surface area contributed by atoms with Crippen LogP contribution in [0.2, 0.25) is 0 Å². The second-order valence-corrected chi connectivity index (χ2v) is 7.57. The minimum Gasteiger partial charge on any atom is -0.366 e. The maximum absolute atomic E-state index is 12.1. The molecule has 4 N–H and O–H groups in total. The van der Waals surface area contributed by atoms with Gasteiger partial charge in [-0.05, 0) is 48.2 Å². The number of fused-ring (bicyclic) bond motifs is 1. The molecule has 0 unspecified atom stereocenters. The molecule has 6 nitrogen and oxygen atoms in total. The van der Waals surface area contributed by atoms with Crippen LogP contribution in [0.4, 0.5) is 5.82 Å². The molecule has 5 rings (SSSR count). The van der Waals surface area contributed by atoms with Crippen LogP contribution < -0.4 is 11.1 Å². The number of nitrogens with one attached hydrogen (secondary N) is 2. The van der Waals surface area contributed by atoms with Crippen LogP contribution in [-0.4, -0.2) is 21.8 Å². The van der Waals surface area contributed by atoms with Gasteiger partial charge in [-0.25, -0.2) is 4.98 Å². The number of hydrogen-bond acceptors (Lipinski definition) is 3. The smallest absolute Gasteiger partial charge is 0.248 e. The zero-order valence-electron chi connectivity index (χ0n) is 16.2. The number of rotatable bonds is 5. The molecule has 4 aromatic rings. The van der Waals surface area contributed by atoms with Gasteiger partial charge in [0, 0.05) is 40.4 Å². The monoisotopic (exact) mass is 396 g/mol. The second-order valence-electron chi connectivity index (χ2n) is 7.57. The molecule has 2 heterocycles. The molecule has 6 heteroatoms. The van der Waals surface area contributed by atoms with Crippen molar-refractivity contribution in [1.82, 2.24) is 9.97 Å². The Bertz CT molecular complexity index is 1270. The van der Waals surface area contributed by atoms with E-state index >= 15 is 0 Å². The predicted octanol–water partition coefficient (Wildman–Crippen LogP) is 4.34. The lowest BCUT2D eigenvalue weighted by atomic mass is 9.99. The molecule has 0 saturated heterocycles. The summed E-state index contributed by atoms with van der Waals surface area (Å²) in [4.78, 5) is 31.1. The molecule has 0 spiro atoms. The van der Waals surface area contributed by atoms with E-state index < -0.39 is 5.91 Å². The highest BCUT2D eigenvalue weighted by Crippen LogP contribution is 2.35. The molecule has 1 saturated carbocycles. The van der Waals surface area contributed by atoms with Crippen LogP contribution in [-0.2, 0) is 4.79 Å². The highest BCUT2D eigenvalue weighted by Gasteiger charge is 2.29. The van der Waals surface area contributed by atoms with Crippen molar-refractivity contribution in [2.45, 2.75) is 12.8 Å².